The number of benzene rings is 1. The molecule has 0 saturated heterocycles. The summed E-state index contributed by atoms with van der Waals surface area (Å²) in [6.07, 6.45) is 3.46. The van der Waals surface area contributed by atoms with Gasteiger partial charge in [-0.3, -0.25) is 9.36 Å². The molecule has 3 aromatic rings. The fourth-order valence-corrected chi connectivity index (χ4v) is 5.78. The van der Waals surface area contributed by atoms with E-state index in [4.69, 9.17) is 4.98 Å². The number of rotatable bonds is 3. The van der Waals surface area contributed by atoms with Crippen LogP contribution in [-0.4, -0.2) is 15.3 Å². The van der Waals surface area contributed by atoms with Crippen molar-refractivity contribution in [2.75, 3.05) is 5.75 Å². The fraction of sp³-hybridized carbons (Fsp3) is 0.400. The molecule has 5 heteroatoms. The van der Waals surface area contributed by atoms with Gasteiger partial charge in [-0.15, -0.1) is 11.3 Å². The van der Waals surface area contributed by atoms with Crippen LogP contribution in [0.3, 0.4) is 0 Å². The standard InChI is InChI=1S/C20H22N2OS2/c1-4-24-20-21-18-17(16-13(3)6-5-7-15(16)25-18)19(23)22(20)14-10-8-12(2)9-11-14/h8-11,13H,4-7H2,1-3H3/t13-/m1/s1. The van der Waals surface area contributed by atoms with E-state index in [0.29, 0.717) is 5.92 Å². The Bertz CT molecular complexity index is 986. The largest absolute Gasteiger partial charge is 0.268 e. The second-order valence-electron chi connectivity index (χ2n) is 6.72. The van der Waals surface area contributed by atoms with Crippen LogP contribution in [0.15, 0.2) is 34.2 Å². The Hall–Kier alpha value is -1.59. The number of thiophene rings is 1. The molecule has 1 aromatic carbocycles. The summed E-state index contributed by atoms with van der Waals surface area (Å²) in [4.78, 5) is 20.7. The molecule has 0 unspecified atom stereocenters. The van der Waals surface area contributed by atoms with Gasteiger partial charge in [-0.05, 0) is 55.6 Å². The third kappa shape index (κ3) is 2.83. The predicted molar refractivity (Wildman–Crippen MR) is 108 cm³/mol. The van der Waals surface area contributed by atoms with Gasteiger partial charge >= 0.3 is 0 Å². The lowest BCUT2D eigenvalue weighted by molar-refractivity contribution is 0.601. The number of hydrogen-bond acceptors (Lipinski definition) is 4. The van der Waals surface area contributed by atoms with Gasteiger partial charge < -0.3 is 0 Å². The first-order valence-corrected chi connectivity index (χ1v) is 10.7. The van der Waals surface area contributed by atoms with E-state index in [9.17, 15) is 4.79 Å². The molecule has 3 nitrogen and oxygen atoms in total. The first kappa shape index (κ1) is 16.9. The Morgan fingerprint density at radius 1 is 1.32 bits per heavy atom. The van der Waals surface area contributed by atoms with Crippen molar-refractivity contribution in [2.45, 2.75) is 51.1 Å². The van der Waals surface area contributed by atoms with Gasteiger partial charge in [0.1, 0.15) is 4.83 Å². The second-order valence-corrected chi connectivity index (χ2v) is 9.03. The Labute approximate surface area is 156 Å². The molecule has 0 bridgehead atoms. The van der Waals surface area contributed by atoms with Crippen LogP contribution >= 0.6 is 23.1 Å². The van der Waals surface area contributed by atoms with Crippen molar-refractivity contribution in [3.8, 4) is 5.69 Å². The third-order valence-electron chi connectivity index (χ3n) is 4.91. The SMILES string of the molecule is CCSc1nc2sc3c(c2c(=O)n1-c1ccc(C)cc1)[C@H](C)CCC3. The van der Waals surface area contributed by atoms with Crippen LogP contribution in [0, 0.1) is 6.92 Å². The molecule has 0 fully saturated rings. The molecule has 0 radical (unpaired) electrons. The van der Waals surface area contributed by atoms with Crippen LogP contribution in [0.1, 0.15) is 48.6 Å². The van der Waals surface area contributed by atoms with Crippen LogP contribution in [0.25, 0.3) is 15.9 Å². The van der Waals surface area contributed by atoms with Crippen LogP contribution in [0.4, 0.5) is 0 Å². The normalized spacial score (nSPS) is 17.0. The topological polar surface area (TPSA) is 34.9 Å². The molecule has 0 aliphatic heterocycles. The molecule has 0 N–H and O–H groups in total. The smallest absolute Gasteiger partial charge is 0.267 e. The molecule has 1 aliphatic carbocycles. The molecule has 25 heavy (non-hydrogen) atoms. The summed E-state index contributed by atoms with van der Waals surface area (Å²) >= 11 is 3.36. The predicted octanol–water partition coefficient (Wildman–Crippen LogP) is 5.31. The Kier molecular flexibility index (Phi) is 4.46. The maximum atomic E-state index is 13.5. The van der Waals surface area contributed by atoms with E-state index < -0.39 is 0 Å². The van der Waals surface area contributed by atoms with Crippen molar-refractivity contribution < 1.29 is 0 Å². The molecular formula is C20H22N2OS2. The minimum absolute atomic E-state index is 0.0936. The molecule has 0 spiro atoms. The summed E-state index contributed by atoms with van der Waals surface area (Å²) < 4.78 is 1.81. The van der Waals surface area contributed by atoms with Crippen LogP contribution < -0.4 is 5.56 Å². The van der Waals surface area contributed by atoms with Crippen molar-refractivity contribution in [3.05, 3.63) is 50.6 Å². The van der Waals surface area contributed by atoms with E-state index in [2.05, 4.69) is 32.9 Å². The Morgan fingerprint density at radius 2 is 2.08 bits per heavy atom. The molecular weight excluding hydrogens is 348 g/mol. The van der Waals surface area contributed by atoms with Gasteiger partial charge in [-0.25, -0.2) is 4.98 Å². The molecule has 4 rings (SSSR count). The number of thioether (sulfide) groups is 1. The molecule has 2 heterocycles. The fourth-order valence-electron chi connectivity index (χ4n) is 3.67. The summed E-state index contributed by atoms with van der Waals surface area (Å²) in [5, 5.41) is 1.66. The van der Waals surface area contributed by atoms with Gasteiger partial charge in [0.25, 0.3) is 5.56 Å². The van der Waals surface area contributed by atoms with Crippen molar-refractivity contribution in [3.63, 3.8) is 0 Å². The van der Waals surface area contributed by atoms with Crippen molar-refractivity contribution in [1.82, 2.24) is 9.55 Å². The minimum atomic E-state index is 0.0936. The zero-order chi connectivity index (χ0) is 17.6. The third-order valence-corrected chi connectivity index (χ3v) is 6.89. The highest BCUT2D eigenvalue weighted by atomic mass is 32.2. The Balaban J connectivity index is 2.04. The van der Waals surface area contributed by atoms with Crippen molar-refractivity contribution in [2.24, 2.45) is 0 Å². The van der Waals surface area contributed by atoms with E-state index in [-0.39, 0.29) is 5.56 Å². The summed E-state index contributed by atoms with van der Waals surface area (Å²) in [7, 11) is 0. The highest BCUT2D eigenvalue weighted by Crippen LogP contribution is 2.40. The van der Waals surface area contributed by atoms with Crippen molar-refractivity contribution in [1.29, 1.82) is 0 Å². The van der Waals surface area contributed by atoms with Gasteiger partial charge in [-0.2, -0.15) is 0 Å². The average Bonchev–Trinajstić information content (AvgIpc) is 2.97. The lowest BCUT2D eigenvalue weighted by Crippen LogP contribution is -2.22. The zero-order valence-electron chi connectivity index (χ0n) is 14.8. The van der Waals surface area contributed by atoms with E-state index >= 15 is 0 Å². The van der Waals surface area contributed by atoms with Crippen molar-refractivity contribution >= 4 is 33.3 Å². The zero-order valence-corrected chi connectivity index (χ0v) is 16.5. The van der Waals surface area contributed by atoms with E-state index in [0.717, 1.165) is 39.7 Å². The lowest BCUT2D eigenvalue weighted by Gasteiger charge is -2.19. The van der Waals surface area contributed by atoms with Gasteiger partial charge in [0, 0.05) is 4.88 Å². The molecule has 1 aliphatic rings. The maximum absolute atomic E-state index is 13.5. The lowest BCUT2D eigenvalue weighted by atomic mass is 9.88. The highest BCUT2D eigenvalue weighted by Gasteiger charge is 2.26. The summed E-state index contributed by atoms with van der Waals surface area (Å²) in [5.41, 5.74) is 3.45. The van der Waals surface area contributed by atoms with E-state index in [1.165, 1.54) is 22.4 Å². The number of fused-ring (bicyclic) bond motifs is 3. The first-order valence-electron chi connectivity index (χ1n) is 8.88. The first-order chi connectivity index (χ1) is 12.1. The number of hydrogen-bond donors (Lipinski definition) is 0. The van der Waals surface area contributed by atoms with Crippen LogP contribution in [0.5, 0.6) is 0 Å². The van der Waals surface area contributed by atoms with E-state index in [1.807, 2.05) is 16.7 Å². The number of aryl methyl sites for hydroxylation is 2. The van der Waals surface area contributed by atoms with Gasteiger partial charge in [0.2, 0.25) is 0 Å². The summed E-state index contributed by atoms with van der Waals surface area (Å²) in [6.45, 7) is 6.41. The van der Waals surface area contributed by atoms with Crippen LogP contribution in [-0.2, 0) is 6.42 Å². The summed E-state index contributed by atoms with van der Waals surface area (Å²) in [5.74, 6) is 1.34. The van der Waals surface area contributed by atoms with Crippen LogP contribution in [0.2, 0.25) is 0 Å². The molecule has 130 valence electrons. The minimum Gasteiger partial charge on any atom is -0.268 e. The van der Waals surface area contributed by atoms with Gasteiger partial charge in [-0.1, -0.05) is 43.3 Å². The quantitative estimate of drug-likeness (QED) is 0.463. The monoisotopic (exact) mass is 370 g/mol. The van der Waals surface area contributed by atoms with Gasteiger partial charge in [0.15, 0.2) is 5.16 Å². The highest BCUT2D eigenvalue weighted by molar-refractivity contribution is 7.99. The second kappa shape index (κ2) is 6.61. The maximum Gasteiger partial charge on any atom is 0.267 e. The molecule has 1 atom stereocenters. The van der Waals surface area contributed by atoms with E-state index in [1.54, 1.807) is 23.1 Å². The van der Waals surface area contributed by atoms with Gasteiger partial charge in [0.05, 0.1) is 11.1 Å². The number of aromatic nitrogens is 2. The Morgan fingerprint density at radius 3 is 2.80 bits per heavy atom. The average molecular weight is 371 g/mol. The molecule has 2 aromatic heterocycles. The molecule has 0 amide bonds. The molecule has 0 saturated carbocycles. The number of nitrogens with zero attached hydrogens (tertiary/aromatic N) is 2. The summed E-state index contributed by atoms with van der Waals surface area (Å²) in [6, 6.07) is 8.15.